The van der Waals surface area contributed by atoms with Crippen LogP contribution in [0, 0.1) is 17.1 Å². The number of carbonyl (C=O) groups excluding carboxylic acids is 1. The SMILES string of the molecule is COc1cc(F)cc(C#N)c1C(=O)Cl. The van der Waals surface area contributed by atoms with E-state index in [1.807, 2.05) is 0 Å². The molecule has 5 heteroatoms. The van der Waals surface area contributed by atoms with Gasteiger partial charge in [0.25, 0.3) is 5.24 Å². The molecule has 0 aromatic heterocycles. The predicted molar refractivity (Wildman–Crippen MR) is 47.9 cm³/mol. The molecule has 14 heavy (non-hydrogen) atoms. The molecule has 0 atom stereocenters. The largest absolute Gasteiger partial charge is 0.496 e. The number of nitriles is 1. The van der Waals surface area contributed by atoms with Crippen LogP contribution in [-0.4, -0.2) is 12.4 Å². The van der Waals surface area contributed by atoms with Crippen molar-refractivity contribution in [1.82, 2.24) is 0 Å². The van der Waals surface area contributed by atoms with Gasteiger partial charge in [-0.1, -0.05) is 0 Å². The lowest BCUT2D eigenvalue weighted by molar-refractivity contribution is 0.107. The Morgan fingerprint density at radius 1 is 1.64 bits per heavy atom. The lowest BCUT2D eigenvalue weighted by Crippen LogP contribution is -2.00. The van der Waals surface area contributed by atoms with Crippen molar-refractivity contribution >= 4 is 16.8 Å². The smallest absolute Gasteiger partial charge is 0.257 e. The van der Waals surface area contributed by atoms with Crippen LogP contribution in [0.5, 0.6) is 5.75 Å². The summed E-state index contributed by atoms with van der Waals surface area (Å²) in [5.74, 6) is -0.693. The van der Waals surface area contributed by atoms with Gasteiger partial charge in [0.1, 0.15) is 17.6 Å². The van der Waals surface area contributed by atoms with Crippen LogP contribution >= 0.6 is 11.6 Å². The highest BCUT2D eigenvalue weighted by Crippen LogP contribution is 2.25. The zero-order valence-electron chi connectivity index (χ0n) is 7.17. The van der Waals surface area contributed by atoms with Gasteiger partial charge in [-0.05, 0) is 17.7 Å². The van der Waals surface area contributed by atoms with E-state index >= 15 is 0 Å². The minimum atomic E-state index is -0.849. The molecule has 0 spiro atoms. The fourth-order valence-electron chi connectivity index (χ4n) is 1.03. The van der Waals surface area contributed by atoms with Crippen LogP contribution in [0.15, 0.2) is 12.1 Å². The highest BCUT2D eigenvalue weighted by molar-refractivity contribution is 6.68. The molecule has 1 aromatic carbocycles. The number of nitrogens with zero attached hydrogens (tertiary/aromatic N) is 1. The molecule has 1 aromatic rings. The van der Waals surface area contributed by atoms with Gasteiger partial charge in [0.05, 0.1) is 18.2 Å². The summed E-state index contributed by atoms with van der Waals surface area (Å²) >= 11 is 5.23. The second-order valence-electron chi connectivity index (χ2n) is 2.42. The van der Waals surface area contributed by atoms with Gasteiger partial charge in [-0.25, -0.2) is 4.39 Å². The summed E-state index contributed by atoms with van der Waals surface area (Å²) in [6, 6.07) is 3.59. The van der Waals surface area contributed by atoms with Crippen molar-refractivity contribution in [3.63, 3.8) is 0 Å². The maximum absolute atomic E-state index is 12.9. The molecule has 0 saturated heterocycles. The van der Waals surface area contributed by atoms with E-state index < -0.39 is 11.1 Å². The quantitative estimate of drug-likeness (QED) is 0.707. The van der Waals surface area contributed by atoms with Gasteiger partial charge in [0.15, 0.2) is 0 Å². The number of carbonyl (C=O) groups is 1. The number of benzene rings is 1. The third kappa shape index (κ3) is 1.83. The molecule has 0 bridgehead atoms. The van der Waals surface area contributed by atoms with Crippen molar-refractivity contribution in [1.29, 1.82) is 5.26 Å². The third-order valence-electron chi connectivity index (χ3n) is 1.60. The lowest BCUT2D eigenvalue weighted by Gasteiger charge is -2.05. The summed E-state index contributed by atoms with van der Waals surface area (Å²) in [6.07, 6.45) is 0. The summed E-state index contributed by atoms with van der Waals surface area (Å²) in [6.45, 7) is 0. The minimum Gasteiger partial charge on any atom is -0.496 e. The molecular formula is C9H5ClFNO2. The van der Waals surface area contributed by atoms with Crippen LogP contribution in [0.4, 0.5) is 4.39 Å². The number of methoxy groups -OCH3 is 1. The second kappa shape index (κ2) is 4.07. The first-order valence-corrected chi connectivity index (χ1v) is 3.95. The van der Waals surface area contributed by atoms with Crippen LogP contribution < -0.4 is 4.74 Å². The number of rotatable bonds is 2. The Balaban J connectivity index is 3.50. The molecule has 0 fully saturated rings. The molecule has 0 heterocycles. The molecule has 0 amide bonds. The summed E-state index contributed by atoms with van der Waals surface area (Å²) < 4.78 is 17.6. The normalized spacial score (nSPS) is 9.29. The van der Waals surface area contributed by atoms with E-state index in [4.69, 9.17) is 21.6 Å². The van der Waals surface area contributed by atoms with Gasteiger partial charge < -0.3 is 4.74 Å². The van der Waals surface area contributed by atoms with Gasteiger partial charge in [-0.3, -0.25) is 4.79 Å². The molecule has 72 valence electrons. The van der Waals surface area contributed by atoms with Crippen LogP contribution in [0.2, 0.25) is 0 Å². The predicted octanol–water partition coefficient (Wildman–Crippen LogP) is 2.08. The molecule has 0 radical (unpaired) electrons. The first kappa shape index (κ1) is 10.5. The van der Waals surface area contributed by atoms with E-state index in [9.17, 15) is 9.18 Å². The lowest BCUT2D eigenvalue weighted by atomic mass is 10.1. The molecule has 0 N–H and O–H groups in total. The molecule has 0 aliphatic rings. The molecule has 0 unspecified atom stereocenters. The molecule has 0 aliphatic heterocycles. The average molecular weight is 214 g/mol. The number of hydrogen-bond acceptors (Lipinski definition) is 3. The number of ether oxygens (including phenoxy) is 1. The van der Waals surface area contributed by atoms with E-state index in [0.717, 1.165) is 12.1 Å². The molecule has 0 saturated carbocycles. The minimum absolute atomic E-state index is 0.0402. The van der Waals surface area contributed by atoms with E-state index in [2.05, 4.69) is 0 Å². The first-order chi connectivity index (χ1) is 6.60. The van der Waals surface area contributed by atoms with Crippen LogP contribution in [-0.2, 0) is 0 Å². The Hall–Kier alpha value is -1.60. The average Bonchev–Trinajstić information content (AvgIpc) is 2.15. The molecule has 1 rings (SSSR count). The molecule has 0 aliphatic carbocycles. The fourth-order valence-corrected chi connectivity index (χ4v) is 1.23. The Morgan fingerprint density at radius 2 is 2.29 bits per heavy atom. The molecule has 3 nitrogen and oxygen atoms in total. The Kier molecular flexibility index (Phi) is 3.05. The summed E-state index contributed by atoms with van der Waals surface area (Å²) in [5.41, 5.74) is -0.250. The van der Waals surface area contributed by atoms with E-state index in [1.165, 1.54) is 7.11 Å². The van der Waals surface area contributed by atoms with Crippen molar-refractivity contribution in [2.45, 2.75) is 0 Å². The van der Waals surface area contributed by atoms with Crippen molar-refractivity contribution < 1.29 is 13.9 Å². The van der Waals surface area contributed by atoms with Crippen molar-refractivity contribution in [3.8, 4) is 11.8 Å². The van der Waals surface area contributed by atoms with Crippen molar-refractivity contribution in [2.24, 2.45) is 0 Å². The van der Waals surface area contributed by atoms with E-state index in [1.54, 1.807) is 6.07 Å². The Labute approximate surface area is 84.7 Å². The number of hydrogen-bond donors (Lipinski definition) is 0. The standard InChI is InChI=1S/C9H5ClFNO2/c1-14-7-3-6(11)2-5(4-12)8(7)9(10)13/h2-3H,1H3. The van der Waals surface area contributed by atoms with Gasteiger partial charge >= 0.3 is 0 Å². The van der Waals surface area contributed by atoms with Gasteiger partial charge in [0.2, 0.25) is 0 Å². The summed E-state index contributed by atoms with van der Waals surface area (Å²) in [5, 5.41) is 7.78. The van der Waals surface area contributed by atoms with Crippen LogP contribution in [0.3, 0.4) is 0 Å². The van der Waals surface area contributed by atoms with E-state index in [-0.39, 0.29) is 16.9 Å². The third-order valence-corrected chi connectivity index (χ3v) is 1.79. The maximum atomic E-state index is 12.9. The number of halogens is 2. The Bertz CT molecular complexity index is 426. The first-order valence-electron chi connectivity index (χ1n) is 3.57. The zero-order chi connectivity index (χ0) is 10.7. The van der Waals surface area contributed by atoms with Gasteiger partial charge in [0, 0.05) is 6.07 Å². The summed E-state index contributed by atoms with van der Waals surface area (Å²) in [7, 11) is 1.26. The monoisotopic (exact) mass is 213 g/mol. The fraction of sp³-hybridized carbons (Fsp3) is 0.111. The van der Waals surface area contributed by atoms with E-state index in [0.29, 0.717) is 0 Å². The van der Waals surface area contributed by atoms with Crippen molar-refractivity contribution in [3.05, 3.63) is 29.1 Å². The maximum Gasteiger partial charge on any atom is 0.257 e. The van der Waals surface area contributed by atoms with Crippen LogP contribution in [0.25, 0.3) is 0 Å². The second-order valence-corrected chi connectivity index (χ2v) is 2.76. The molecular weight excluding hydrogens is 209 g/mol. The van der Waals surface area contributed by atoms with Crippen molar-refractivity contribution in [2.75, 3.05) is 7.11 Å². The highest BCUT2D eigenvalue weighted by atomic mass is 35.5. The van der Waals surface area contributed by atoms with Crippen LogP contribution in [0.1, 0.15) is 15.9 Å². The summed E-state index contributed by atoms with van der Waals surface area (Å²) in [4.78, 5) is 10.9. The van der Waals surface area contributed by atoms with Gasteiger partial charge in [-0.15, -0.1) is 0 Å². The topological polar surface area (TPSA) is 50.1 Å². The Morgan fingerprint density at radius 3 is 2.71 bits per heavy atom. The highest BCUT2D eigenvalue weighted by Gasteiger charge is 2.17. The zero-order valence-corrected chi connectivity index (χ0v) is 7.93. The van der Waals surface area contributed by atoms with Gasteiger partial charge in [-0.2, -0.15) is 5.26 Å².